The van der Waals surface area contributed by atoms with Gasteiger partial charge in [0.25, 0.3) is 5.91 Å². The van der Waals surface area contributed by atoms with Crippen LogP contribution in [0.25, 0.3) is 15.9 Å². The molecule has 1 aliphatic heterocycles. The average molecular weight is 435 g/mol. The maximum absolute atomic E-state index is 13.3. The summed E-state index contributed by atoms with van der Waals surface area (Å²) in [6.07, 6.45) is 4.14. The van der Waals surface area contributed by atoms with Gasteiger partial charge in [0, 0.05) is 19.0 Å². The van der Waals surface area contributed by atoms with E-state index in [2.05, 4.69) is 17.2 Å². The molecular formula is C24H23FN4OS. The van der Waals surface area contributed by atoms with Gasteiger partial charge >= 0.3 is 0 Å². The molecule has 1 saturated heterocycles. The molecule has 0 atom stereocenters. The molecule has 0 saturated carbocycles. The van der Waals surface area contributed by atoms with Crippen molar-refractivity contribution in [3.05, 3.63) is 76.8 Å². The third kappa shape index (κ3) is 3.74. The first-order valence-electron chi connectivity index (χ1n) is 10.6. The number of rotatable bonds is 4. The van der Waals surface area contributed by atoms with E-state index in [-0.39, 0.29) is 11.7 Å². The lowest BCUT2D eigenvalue weighted by molar-refractivity contribution is 0.0712. The van der Waals surface area contributed by atoms with Crippen LogP contribution in [-0.4, -0.2) is 38.7 Å². The number of thiazole rings is 1. The standard InChI is InChI=1S/C24H23FN4OS/c1-2-21-19(15-26-29(21)18-9-7-17(25)8-10-18)24(30)28-13-11-16(12-14-28)23-27-20-5-3-4-6-22(20)31-23/h3-10,15-16H,2,11-14H2,1H3. The molecule has 5 nitrogen and oxygen atoms in total. The van der Waals surface area contributed by atoms with Crippen LogP contribution in [0.2, 0.25) is 0 Å². The van der Waals surface area contributed by atoms with Crippen LogP contribution in [0.4, 0.5) is 4.39 Å². The van der Waals surface area contributed by atoms with E-state index in [0.717, 1.165) is 29.7 Å². The first-order valence-corrected chi connectivity index (χ1v) is 11.4. The van der Waals surface area contributed by atoms with Crippen LogP contribution < -0.4 is 0 Å². The monoisotopic (exact) mass is 434 g/mol. The second kappa shape index (κ2) is 8.23. The fourth-order valence-electron chi connectivity index (χ4n) is 4.26. The van der Waals surface area contributed by atoms with Gasteiger partial charge in [-0.1, -0.05) is 19.1 Å². The van der Waals surface area contributed by atoms with Crippen LogP contribution >= 0.6 is 11.3 Å². The Labute approximate surface area is 184 Å². The Balaban J connectivity index is 1.32. The molecule has 0 radical (unpaired) electrons. The highest BCUT2D eigenvalue weighted by molar-refractivity contribution is 7.18. The van der Waals surface area contributed by atoms with Crippen LogP contribution in [0.5, 0.6) is 0 Å². The number of halogens is 1. The molecule has 0 unspecified atom stereocenters. The maximum Gasteiger partial charge on any atom is 0.257 e. The van der Waals surface area contributed by atoms with Crippen molar-refractivity contribution < 1.29 is 9.18 Å². The van der Waals surface area contributed by atoms with Crippen molar-refractivity contribution in [2.24, 2.45) is 0 Å². The molecule has 3 heterocycles. The van der Waals surface area contributed by atoms with E-state index >= 15 is 0 Å². The first kappa shape index (κ1) is 19.9. The highest BCUT2D eigenvalue weighted by Gasteiger charge is 2.28. The first-order chi connectivity index (χ1) is 15.1. The van der Waals surface area contributed by atoms with Crippen molar-refractivity contribution in [1.29, 1.82) is 0 Å². The molecule has 2 aromatic heterocycles. The van der Waals surface area contributed by atoms with Crippen molar-refractivity contribution in [2.45, 2.75) is 32.1 Å². The maximum atomic E-state index is 13.3. The molecule has 2 aromatic carbocycles. The smallest absolute Gasteiger partial charge is 0.257 e. The van der Waals surface area contributed by atoms with Crippen LogP contribution in [0.1, 0.15) is 46.7 Å². The number of aromatic nitrogens is 3. The minimum absolute atomic E-state index is 0.0213. The number of carbonyl (C=O) groups is 1. The second-order valence-corrected chi connectivity index (χ2v) is 8.90. The molecule has 1 fully saturated rings. The summed E-state index contributed by atoms with van der Waals surface area (Å²) < 4.78 is 16.2. The van der Waals surface area contributed by atoms with Gasteiger partial charge in [0.1, 0.15) is 5.82 Å². The Morgan fingerprint density at radius 3 is 2.58 bits per heavy atom. The van der Waals surface area contributed by atoms with Gasteiger partial charge < -0.3 is 4.90 Å². The Kier molecular flexibility index (Phi) is 5.28. The van der Waals surface area contributed by atoms with Gasteiger partial charge in [-0.2, -0.15) is 5.10 Å². The van der Waals surface area contributed by atoms with Crippen molar-refractivity contribution in [1.82, 2.24) is 19.7 Å². The van der Waals surface area contributed by atoms with Crippen molar-refractivity contribution in [3.8, 4) is 5.69 Å². The molecule has 0 N–H and O–H groups in total. The number of benzene rings is 2. The molecule has 31 heavy (non-hydrogen) atoms. The third-order valence-electron chi connectivity index (χ3n) is 5.95. The Morgan fingerprint density at radius 2 is 1.87 bits per heavy atom. The van der Waals surface area contributed by atoms with E-state index in [1.807, 2.05) is 24.0 Å². The zero-order valence-corrected chi connectivity index (χ0v) is 18.1. The van der Waals surface area contributed by atoms with Gasteiger partial charge in [0.05, 0.1) is 38.4 Å². The topological polar surface area (TPSA) is 51.0 Å². The van der Waals surface area contributed by atoms with Crippen molar-refractivity contribution in [3.63, 3.8) is 0 Å². The summed E-state index contributed by atoms with van der Waals surface area (Å²) >= 11 is 1.76. The predicted molar refractivity (Wildman–Crippen MR) is 120 cm³/mol. The Bertz CT molecular complexity index is 1190. The zero-order valence-electron chi connectivity index (χ0n) is 17.3. The summed E-state index contributed by atoms with van der Waals surface area (Å²) in [7, 11) is 0. The summed E-state index contributed by atoms with van der Waals surface area (Å²) in [5.74, 6) is 0.128. The van der Waals surface area contributed by atoms with E-state index in [1.54, 1.807) is 34.3 Å². The van der Waals surface area contributed by atoms with Gasteiger partial charge in [-0.25, -0.2) is 14.1 Å². The number of para-hydroxylation sites is 1. The lowest BCUT2D eigenvalue weighted by Crippen LogP contribution is -2.38. The Hall–Kier alpha value is -3.06. The fraction of sp³-hybridized carbons (Fsp3) is 0.292. The number of hydrogen-bond acceptors (Lipinski definition) is 4. The minimum Gasteiger partial charge on any atom is -0.338 e. The summed E-state index contributed by atoms with van der Waals surface area (Å²) in [5.41, 5.74) is 3.30. The SMILES string of the molecule is CCc1c(C(=O)N2CCC(c3nc4ccccc4s3)CC2)cnn1-c1ccc(F)cc1. The van der Waals surface area contributed by atoms with E-state index in [9.17, 15) is 9.18 Å². The summed E-state index contributed by atoms with van der Waals surface area (Å²) in [5, 5.41) is 5.60. The summed E-state index contributed by atoms with van der Waals surface area (Å²) in [6.45, 7) is 3.43. The molecular weight excluding hydrogens is 411 g/mol. The van der Waals surface area contributed by atoms with Crippen molar-refractivity contribution >= 4 is 27.5 Å². The molecule has 158 valence electrons. The van der Waals surface area contributed by atoms with Crippen LogP contribution in [-0.2, 0) is 6.42 Å². The quantitative estimate of drug-likeness (QED) is 0.443. The van der Waals surface area contributed by atoms with Gasteiger partial charge in [0.15, 0.2) is 0 Å². The lowest BCUT2D eigenvalue weighted by atomic mass is 9.97. The predicted octanol–water partition coefficient (Wildman–Crippen LogP) is 5.20. The largest absolute Gasteiger partial charge is 0.338 e. The summed E-state index contributed by atoms with van der Waals surface area (Å²) in [6, 6.07) is 14.4. The van der Waals surface area contributed by atoms with E-state index in [1.165, 1.54) is 21.8 Å². The van der Waals surface area contributed by atoms with Crippen molar-refractivity contribution in [2.75, 3.05) is 13.1 Å². The number of carbonyl (C=O) groups excluding carboxylic acids is 1. The second-order valence-electron chi connectivity index (χ2n) is 7.83. The van der Waals surface area contributed by atoms with Gasteiger partial charge in [0.2, 0.25) is 0 Å². The Morgan fingerprint density at radius 1 is 1.13 bits per heavy atom. The van der Waals surface area contributed by atoms with Crippen LogP contribution in [0.3, 0.4) is 0 Å². The number of piperidine rings is 1. The highest BCUT2D eigenvalue weighted by atomic mass is 32.1. The molecule has 0 spiro atoms. The molecule has 0 aliphatic carbocycles. The highest BCUT2D eigenvalue weighted by Crippen LogP contribution is 2.34. The molecule has 4 aromatic rings. The number of hydrogen-bond donors (Lipinski definition) is 0. The number of amides is 1. The van der Waals surface area contributed by atoms with Gasteiger partial charge in [-0.3, -0.25) is 4.79 Å². The molecule has 7 heteroatoms. The third-order valence-corrected chi connectivity index (χ3v) is 7.15. The number of likely N-dealkylation sites (tertiary alicyclic amines) is 1. The molecule has 0 bridgehead atoms. The van der Waals surface area contributed by atoms with Crippen LogP contribution in [0, 0.1) is 5.82 Å². The van der Waals surface area contributed by atoms with Crippen LogP contribution in [0.15, 0.2) is 54.7 Å². The molecule has 1 aliphatic rings. The number of nitrogens with zero attached hydrogens (tertiary/aromatic N) is 4. The normalized spacial score (nSPS) is 15.0. The fourth-order valence-corrected chi connectivity index (χ4v) is 5.40. The molecule has 5 rings (SSSR count). The summed E-state index contributed by atoms with van der Waals surface area (Å²) in [4.78, 5) is 20.0. The average Bonchev–Trinajstić information content (AvgIpc) is 3.43. The minimum atomic E-state index is -0.291. The van der Waals surface area contributed by atoms with E-state index < -0.39 is 0 Å². The lowest BCUT2D eigenvalue weighted by Gasteiger charge is -2.31. The van der Waals surface area contributed by atoms with E-state index in [0.29, 0.717) is 31.0 Å². The zero-order chi connectivity index (χ0) is 21.4. The molecule has 1 amide bonds. The number of fused-ring (bicyclic) bond motifs is 1. The van der Waals surface area contributed by atoms with Gasteiger partial charge in [-0.05, 0) is 55.7 Å². The van der Waals surface area contributed by atoms with E-state index in [4.69, 9.17) is 4.98 Å². The van der Waals surface area contributed by atoms with Gasteiger partial charge in [-0.15, -0.1) is 11.3 Å².